The van der Waals surface area contributed by atoms with Gasteiger partial charge in [-0.05, 0) is 25.5 Å². The fraction of sp³-hybridized carbons (Fsp3) is 0.316. The van der Waals surface area contributed by atoms with Gasteiger partial charge < -0.3 is 19.4 Å². The summed E-state index contributed by atoms with van der Waals surface area (Å²) in [6.07, 6.45) is 2.66. The molecule has 134 valence electrons. The molecule has 2 aromatic rings. The standard InChI is InChI=1S/C19H20N4O3/c1-4-12-9-23-10-20-19-16(17(23)21-12)15(11(2)26-19)18(24)22-13-6-5-7-14(8-13)25-3/h5-8,10,12H,4,9H2,1-3H3,(H,22,24)/t12-/m0/s1. The zero-order valence-electron chi connectivity index (χ0n) is 14.9. The number of anilines is 1. The molecule has 2 aliphatic rings. The topological polar surface area (TPSA) is 79.4 Å². The van der Waals surface area contributed by atoms with E-state index >= 15 is 0 Å². The van der Waals surface area contributed by atoms with Gasteiger partial charge in [0.15, 0.2) is 0 Å². The van der Waals surface area contributed by atoms with Gasteiger partial charge in [0, 0.05) is 18.3 Å². The monoisotopic (exact) mass is 352 g/mol. The number of methoxy groups -OCH3 is 1. The summed E-state index contributed by atoms with van der Waals surface area (Å²) in [5, 5.41) is 2.91. The molecule has 1 aromatic carbocycles. The molecule has 7 nitrogen and oxygen atoms in total. The molecule has 0 fully saturated rings. The van der Waals surface area contributed by atoms with Crippen LogP contribution < -0.4 is 10.1 Å². The number of fused-ring (bicyclic) bond motifs is 3. The van der Waals surface area contributed by atoms with Crippen molar-refractivity contribution in [1.82, 2.24) is 4.90 Å². The summed E-state index contributed by atoms with van der Waals surface area (Å²) in [5.41, 5.74) is 1.79. The van der Waals surface area contributed by atoms with Crippen molar-refractivity contribution in [3.05, 3.63) is 41.2 Å². The van der Waals surface area contributed by atoms with Gasteiger partial charge >= 0.3 is 0 Å². The van der Waals surface area contributed by atoms with Gasteiger partial charge in [-0.25, -0.2) is 4.99 Å². The Morgan fingerprint density at radius 3 is 3.08 bits per heavy atom. The van der Waals surface area contributed by atoms with Crippen LogP contribution in [0.2, 0.25) is 0 Å². The Balaban J connectivity index is 1.71. The highest BCUT2D eigenvalue weighted by Crippen LogP contribution is 2.35. The second-order valence-electron chi connectivity index (χ2n) is 6.31. The van der Waals surface area contributed by atoms with Gasteiger partial charge in [-0.1, -0.05) is 13.0 Å². The molecule has 26 heavy (non-hydrogen) atoms. The quantitative estimate of drug-likeness (QED) is 0.915. The lowest BCUT2D eigenvalue weighted by atomic mass is 10.1. The van der Waals surface area contributed by atoms with Crippen molar-refractivity contribution in [2.24, 2.45) is 9.98 Å². The second-order valence-corrected chi connectivity index (χ2v) is 6.31. The highest BCUT2D eigenvalue weighted by molar-refractivity contribution is 6.19. The molecule has 0 unspecified atom stereocenters. The molecule has 0 bridgehead atoms. The predicted molar refractivity (Wildman–Crippen MR) is 99.9 cm³/mol. The lowest BCUT2D eigenvalue weighted by Crippen LogP contribution is -2.31. The predicted octanol–water partition coefficient (Wildman–Crippen LogP) is 3.36. The minimum atomic E-state index is -0.250. The molecule has 7 heteroatoms. The number of ether oxygens (including phenoxy) is 1. The summed E-state index contributed by atoms with van der Waals surface area (Å²) in [5.74, 6) is 2.15. The first-order valence-electron chi connectivity index (χ1n) is 8.58. The maximum absolute atomic E-state index is 13.0. The van der Waals surface area contributed by atoms with Crippen LogP contribution in [0.1, 0.15) is 35.0 Å². The van der Waals surface area contributed by atoms with Gasteiger partial charge in [-0.2, -0.15) is 0 Å². The number of benzene rings is 1. The van der Waals surface area contributed by atoms with E-state index < -0.39 is 0 Å². The number of furan rings is 1. The van der Waals surface area contributed by atoms with Crippen molar-refractivity contribution in [3.63, 3.8) is 0 Å². The zero-order valence-corrected chi connectivity index (χ0v) is 14.9. The number of rotatable bonds is 4. The van der Waals surface area contributed by atoms with Crippen LogP contribution in [-0.2, 0) is 0 Å². The third-order valence-corrected chi connectivity index (χ3v) is 4.61. The highest BCUT2D eigenvalue weighted by Gasteiger charge is 2.35. The number of nitrogens with one attached hydrogen (secondary N) is 1. The first-order valence-corrected chi connectivity index (χ1v) is 8.58. The van der Waals surface area contributed by atoms with Crippen LogP contribution in [-0.4, -0.2) is 42.7 Å². The van der Waals surface area contributed by atoms with Gasteiger partial charge in [-0.3, -0.25) is 9.79 Å². The summed E-state index contributed by atoms with van der Waals surface area (Å²) in [6.45, 7) is 4.64. The fourth-order valence-corrected chi connectivity index (χ4v) is 3.25. The fourth-order valence-electron chi connectivity index (χ4n) is 3.25. The minimum Gasteiger partial charge on any atom is -0.497 e. The summed E-state index contributed by atoms with van der Waals surface area (Å²) in [4.78, 5) is 24.1. The Kier molecular flexibility index (Phi) is 3.99. The number of carbonyl (C=O) groups excluding carboxylic acids is 1. The van der Waals surface area contributed by atoms with E-state index in [0.29, 0.717) is 34.2 Å². The minimum absolute atomic E-state index is 0.201. The molecule has 1 N–H and O–H groups in total. The molecule has 4 rings (SSSR count). The van der Waals surface area contributed by atoms with Crippen LogP contribution in [0, 0.1) is 6.92 Å². The van der Waals surface area contributed by atoms with E-state index in [4.69, 9.17) is 14.1 Å². The number of hydrogen-bond acceptors (Lipinski definition) is 6. The third-order valence-electron chi connectivity index (χ3n) is 4.61. The number of hydrogen-bond donors (Lipinski definition) is 1. The first kappa shape index (κ1) is 16.4. The van der Waals surface area contributed by atoms with Crippen LogP contribution in [0.4, 0.5) is 11.6 Å². The van der Waals surface area contributed by atoms with Crippen molar-refractivity contribution in [1.29, 1.82) is 0 Å². The lowest BCUT2D eigenvalue weighted by Gasteiger charge is -2.18. The maximum atomic E-state index is 13.0. The molecule has 0 saturated heterocycles. The largest absolute Gasteiger partial charge is 0.497 e. The number of aryl methyl sites for hydroxylation is 1. The highest BCUT2D eigenvalue weighted by atomic mass is 16.5. The number of amides is 1. The van der Waals surface area contributed by atoms with E-state index in [1.807, 2.05) is 23.1 Å². The molecule has 1 aromatic heterocycles. The van der Waals surface area contributed by atoms with Crippen LogP contribution in [0.15, 0.2) is 38.7 Å². The Hall–Kier alpha value is -3.09. The van der Waals surface area contributed by atoms with E-state index in [9.17, 15) is 4.79 Å². The summed E-state index contributed by atoms with van der Waals surface area (Å²) < 4.78 is 10.9. The van der Waals surface area contributed by atoms with E-state index in [2.05, 4.69) is 17.2 Å². The smallest absolute Gasteiger partial charge is 0.260 e. The normalized spacial score (nSPS) is 17.6. The van der Waals surface area contributed by atoms with E-state index in [1.165, 1.54) is 0 Å². The van der Waals surface area contributed by atoms with E-state index in [-0.39, 0.29) is 11.9 Å². The van der Waals surface area contributed by atoms with E-state index in [1.54, 1.807) is 26.4 Å². The lowest BCUT2D eigenvalue weighted by molar-refractivity contribution is 0.102. The molecule has 0 spiro atoms. The van der Waals surface area contributed by atoms with Crippen LogP contribution >= 0.6 is 0 Å². The SMILES string of the molecule is CC[C@H]1CN2C=Nc3oc(C)c(C(=O)Nc4cccc(OC)c4)c3C2=N1. The van der Waals surface area contributed by atoms with Crippen molar-refractivity contribution in [3.8, 4) is 5.75 Å². The Labute approximate surface area is 151 Å². The van der Waals surface area contributed by atoms with Crippen LogP contribution in [0.5, 0.6) is 5.75 Å². The Morgan fingerprint density at radius 1 is 1.46 bits per heavy atom. The molecule has 1 atom stereocenters. The van der Waals surface area contributed by atoms with Crippen molar-refractivity contribution >= 4 is 29.7 Å². The van der Waals surface area contributed by atoms with Crippen LogP contribution in [0.3, 0.4) is 0 Å². The Morgan fingerprint density at radius 2 is 2.31 bits per heavy atom. The summed E-state index contributed by atoms with van der Waals surface area (Å²) in [7, 11) is 1.59. The molecular formula is C19H20N4O3. The number of nitrogens with zero attached hydrogens (tertiary/aromatic N) is 3. The first-order chi connectivity index (χ1) is 12.6. The van der Waals surface area contributed by atoms with Gasteiger partial charge in [0.25, 0.3) is 5.91 Å². The van der Waals surface area contributed by atoms with Gasteiger partial charge in [0.1, 0.15) is 23.7 Å². The molecule has 1 amide bonds. The molecule has 3 heterocycles. The second kappa shape index (κ2) is 6.33. The summed E-state index contributed by atoms with van der Waals surface area (Å²) in [6, 6.07) is 7.43. The van der Waals surface area contributed by atoms with Crippen molar-refractivity contribution < 1.29 is 13.9 Å². The maximum Gasteiger partial charge on any atom is 0.260 e. The Bertz CT molecular complexity index is 929. The third kappa shape index (κ3) is 2.65. The molecule has 0 aliphatic carbocycles. The van der Waals surface area contributed by atoms with Crippen molar-refractivity contribution in [2.45, 2.75) is 26.3 Å². The molecule has 0 radical (unpaired) electrons. The molecule has 0 saturated carbocycles. The molecular weight excluding hydrogens is 332 g/mol. The average molecular weight is 352 g/mol. The van der Waals surface area contributed by atoms with Crippen LogP contribution in [0.25, 0.3) is 0 Å². The average Bonchev–Trinajstić information content (AvgIpc) is 3.21. The zero-order chi connectivity index (χ0) is 18.3. The number of carbonyl (C=O) groups is 1. The van der Waals surface area contributed by atoms with Crippen molar-refractivity contribution in [2.75, 3.05) is 19.0 Å². The number of amidine groups is 1. The van der Waals surface area contributed by atoms with Gasteiger partial charge in [-0.15, -0.1) is 0 Å². The summed E-state index contributed by atoms with van der Waals surface area (Å²) >= 11 is 0. The van der Waals surface area contributed by atoms with Gasteiger partial charge in [0.2, 0.25) is 5.88 Å². The number of aliphatic imine (C=N–C) groups is 2. The molecule has 2 aliphatic heterocycles. The van der Waals surface area contributed by atoms with E-state index in [0.717, 1.165) is 18.8 Å². The van der Waals surface area contributed by atoms with Gasteiger partial charge in [0.05, 0.1) is 24.3 Å².